The lowest BCUT2D eigenvalue weighted by atomic mass is 9.95. The van der Waals surface area contributed by atoms with E-state index in [0.29, 0.717) is 11.5 Å². The van der Waals surface area contributed by atoms with Crippen LogP contribution in [-0.4, -0.2) is 41.6 Å². The van der Waals surface area contributed by atoms with Crippen molar-refractivity contribution in [1.82, 2.24) is 15.2 Å². The maximum Gasteiger partial charge on any atom is 0.0965 e. The van der Waals surface area contributed by atoms with Crippen molar-refractivity contribution in [3.63, 3.8) is 0 Å². The lowest BCUT2D eigenvalue weighted by Crippen LogP contribution is -2.58. The minimum Gasteiger partial charge on any atom is -0.309 e. The van der Waals surface area contributed by atoms with Crippen molar-refractivity contribution in [2.45, 2.75) is 38.6 Å². The minimum absolute atomic E-state index is 0.293. The molecule has 0 amide bonds. The summed E-state index contributed by atoms with van der Waals surface area (Å²) in [6.07, 6.45) is 3.10. The van der Waals surface area contributed by atoms with Gasteiger partial charge in [0.25, 0.3) is 0 Å². The van der Waals surface area contributed by atoms with Gasteiger partial charge in [0.2, 0.25) is 0 Å². The van der Waals surface area contributed by atoms with Crippen LogP contribution in [0.4, 0.5) is 0 Å². The van der Waals surface area contributed by atoms with Gasteiger partial charge in [-0.3, -0.25) is 4.90 Å². The molecule has 2 heterocycles. The van der Waals surface area contributed by atoms with Gasteiger partial charge in [0.1, 0.15) is 0 Å². The molecule has 3 nitrogen and oxygen atoms in total. The van der Waals surface area contributed by atoms with Crippen molar-refractivity contribution in [2.75, 3.05) is 26.2 Å². The fraction of sp³-hybridized carbons (Fsp3) is 0.769. The van der Waals surface area contributed by atoms with Crippen LogP contribution in [0.3, 0.4) is 0 Å². The van der Waals surface area contributed by atoms with Crippen molar-refractivity contribution in [2.24, 2.45) is 0 Å². The van der Waals surface area contributed by atoms with Crippen molar-refractivity contribution >= 4 is 11.3 Å². The second-order valence-corrected chi connectivity index (χ2v) is 6.27. The van der Waals surface area contributed by atoms with E-state index in [1.54, 1.807) is 11.3 Å². The van der Waals surface area contributed by atoms with Crippen LogP contribution in [0.5, 0.6) is 0 Å². The standard InChI is InChI=1S/C13H23N3S/c1-4-13(3)10-16(7-5-15-13)9-11(2)12-14-6-8-17-12/h6,8,11,15H,4-5,7,9-10H2,1-3H3. The molecule has 1 aromatic heterocycles. The molecule has 1 saturated heterocycles. The molecule has 4 heteroatoms. The van der Waals surface area contributed by atoms with Crippen LogP contribution in [0, 0.1) is 0 Å². The highest BCUT2D eigenvalue weighted by atomic mass is 32.1. The van der Waals surface area contributed by atoms with Gasteiger partial charge < -0.3 is 5.32 Å². The zero-order chi connectivity index (χ0) is 12.3. The fourth-order valence-electron chi connectivity index (χ4n) is 2.48. The summed E-state index contributed by atoms with van der Waals surface area (Å²) in [5, 5.41) is 6.96. The van der Waals surface area contributed by atoms with E-state index in [0.717, 1.165) is 26.2 Å². The summed E-state index contributed by atoms with van der Waals surface area (Å²) in [5.74, 6) is 0.550. The normalized spacial score (nSPS) is 28.2. The van der Waals surface area contributed by atoms with Crippen LogP contribution in [0.1, 0.15) is 38.1 Å². The Labute approximate surface area is 108 Å². The summed E-state index contributed by atoms with van der Waals surface area (Å²) in [6.45, 7) is 11.4. The topological polar surface area (TPSA) is 28.2 Å². The van der Waals surface area contributed by atoms with Crippen LogP contribution < -0.4 is 5.32 Å². The first-order valence-corrected chi connectivity index (χ1v) is 7.38. The number of hydrogen-bond acceptors (Lipinski definition) is 4. The second kappa shape index (κ2) is 5.46. The number of thiazole rings is 1. The molecule has 0 aromatic carbocycles. The summed E-state index contributed by atoms with van der Waals surface area (Å²) < 4.78 is 0. The van der Waals surface area contributed by atoms with E-state index < -0.39 is 0 Å². The zero-order valence-electron chi connectivity index (χ0n) is 11.1. The summed E-state index contributed by atoms with van der Waals surface area (Å²) in [7, 11) is 0. The second-order valence-electron chi connectivity index (χ2n) is 5.35. The van der Waals surface area contributed by atoms with Crippen LogP contribution in [-0.2, 0) is 0 Å². The van der Waals surface area contributed by atoms with E-state index in [1.165, 1.54) is 11.4 Å². The molecule has 1 aromatic rings. The minimum atomic E-state index is 0.293. The number of aromatic nitrogens is 1. The number of nitrogens with zero attached hydrogens (tertiary/aromatic N) is 2. The molecular weight excluding hydrogens is 230 g/mol. The SMILES string of the molecule is CCC1(C)CN(CC(C)c2nccs2)CCN1. The van der Waals surface area contributed by atoms with Gasteiger partial charge in [0, 0.05) is 49.2 Å². The van der Waals surface area contributed by atoms with Crippen molar-refractivity contribution < 1.29 is 0 Å². The van der Waals surface area contributed by atoms with Crippen molar-refractivity contribution in [1.29, 1.82) is 0 Å². The number of hydrogen-bond donors (Lipinski definition) is 1. The van der Waals surface area contributed by atoms with E-state index >= 15 is 0 Å². The third kappa shape index (κ3) is 3.27. The van der Waals surface area contributed by atoms with Crippen LogP contribution in [0.25, 0.3) is 0 Å². The van der Waals surface area contributed by atoms with Gasteiger partial charge in [-0.1, -0.05) is 13.8 Å². The van der Waals surface area contributed by atoms with E-state index in [2.05, 4.69) is 41.4 Å². The molecule has 2 rings (SSSR count). The lowest BCUT2D eigenvalue weighted by Gasteiger charge is -2.41. The lowest BCUT2D eigenvalue weighted by molar-refractivity contribution is 0.134. The highest BCUT2D eigenvalue weighted by molar-refractivity contribution is 7.09. The molecule has 2 unspecified atom stereocenters. The van der Waals surface area contributed by atoms with Gasteiger partial charge in [-0.2, -0.15) is 0 Å². The molecule has 17 heavy (non-hydrogen) atoms. The first-order valence-electron chi connectivity index (χ1n) is 6.50. The van der Waals surface area contributed by atoms with Crippen LogP contribution in [0.15, 0.2) is 11.6 Å². The quantitative estimate of drug-likeness (QED) is 0.892. The average molecular weight is 253 g/mol. The molecule has 0 bridgehead atoms. The highest BCUT2D eigenvalue weighted by Crippen LogP contribution is 2.21. The Morgan fingerprint density at radius 3 is 3.12 bits per heavy atom. The molecule has 0 aliphatic carbocycles. The fourth-order valence-corrected chi connectivity index (χ4v) is 3.17. The zero-order valence-corrected chi connectivity index (χ0v) is 11.9. The highest BCUT2D eigenvalue weighted by Gasteiger charge is 2.29. The molecule has 1 N–H and O–H groups in total. The van der Waals surface area contributed by atoms with E-state index in [-0.39, 0.29) is 0 Å². The molecular formula is C13H23N3S. The smallest absolute Gasteiger partial charge is 0.0965 e. The third-order valence-corrected chi connectivity index (χ3v) is 4.74. The molecule has 2 atom stereocenters. The predicted molar refractivity (Wildman–Crippen MR) is 73.7 cm³/mol. The number of nitrogens with one attached hydrogen (secondary N) is 1. The van der Waals surface area contributed by atoms with Gasteiger partial charge in [0.05, 0.1) is 5.01 Å². The third-order valence-electron chi connectivity index (χ3n) is 3.74. The molecule has 1 aliphatic rings. The largest absolute Gasteiger partial charge is 0.309 e. The molecule has 1 aliphatic heterocycles. The van der Waals surface area contributed by atoms with Gasteiger partial charge in [-0.15, -0.1) is 11.3 Å². The maximum absolute atomic E-state index is 4.41. The molecule has 0 saturated carbocycles. The maximum atomic E-state index is 4.41. The van der Waals surface area contributed by atoms with E-state index in [9.17, 15) is 0 Å². The average Bonchev–Trinajstić information content (AvgIpc) is 2.82. The summed E-state index contributed by atoms with van der Waals surface area (Å²) in [5.41, 5.74) is 0.293. The van der Waals surface area contributed by atoms with Crippen molar-refractivity contribution in [3.8, 4) is 0 Å². The summed E-state index contributed by atoms with van der Waals surface area (Å²) in [6, 6.07) is 0. The predicted octanol–water partition coefficient (Wildman–Crippen LogP) is 2.32. The van der Waals surface area contributed by atoms with Gasteiger partial charge >= 0.3 is 0 Å². The monoisotopic (exact) mass is 253 g/mol. The van der Waals surface area contributed by atoms with E-state index in [1.807, 2.05) is 6.20 Å². The van der Waals surface area contributed by atoms with Gasteiger partial charge in [-0.25, -0.2) is 4.98 Å². The first kappa shape index (κ1) is 13.0. The summed E-state index contributed by atoms with van der Waals surface area (Å²) >= 11 is 1.77. The van der Waals surface area contributed by atoms with Crippen molar-refractivity contribution in [3.05, 3.63) is 16.6 Å². The molecule has 96 valence electrons. The Bertz CT molecular complexity index is 338. The van der Waals surface area contributed by atoms with E-state index in [4.69, 9.17) is 0 Å². The number of piperazine rings is 1. The Kier molecular flexibility index (Phi) is 4.17. The molecule has 0 radical (unpaired) electrons. The Morgan fingerprint density at radius 1 is 1.65 bits per heavy atom. The first-order chi connectivity index (χ1) is 8.13. The Morgan fingerprint density at radius 2 is 2.47 bits per heavy atom. The summed E-state index contributed by atoms with van der Waals surface area (Å²) in [4.78, 5) is 6.99. The van der Waals surface area contributed by atoms with Gasteiger partial charge in [0.15, 0.2) is 0 Å². The molecule has 1 fully saturated rings. The molecule has 0 spiro atoms. The van der Waals surface area contributed by atoms with Crippen LogP contribution >= 0.6 is 11.3 Å². The Hall–Kier alpha value is -0.450. The van der Waals surface area contributed by atoms with Gasteiger partial charge in [-0.05, 0) is 13.3 Å². The number of rotatable bonds is 4. The Balaban J connectivity index is 1.91. The van der Waals surface area contributed by atoms with Crippen LogP contribution in [0.2, 0.25) is 0 Å².